The number of hydrogen-bond donors (Lipinski definition) is 0. The van der Waals surface area contributed by atoms with Gasteiger partial charge in [-0.25, -0.2) is 0 Å². The lowest BCUT2D eigenvalue weighted by Gasteiger charge is -2.04. The van der Waals surface area contributed by atoms with Crippen molar-refractivity contribution >= 4 is 28.7 Å². The summed E-state index contributed by atoms with van der Waals surface area (Å²) in [6.07, 6.45) is 3.44. The third-order valence-electron chi connectivity index (χ3n) is 3.80. The van der Waals surface area contributed by atoms with Gasteiger partial charge in [-0.3, -0.25) is 4.79 Å². The van der Waals surface area contributed by atoms with Crippen molar-refractivity contribution < 1.29 is 9.32 Å². The van der Waals surface area contributed by atoms with Crippen LogP contribution in [-0.2, 0) is 0 Å². The van der Waals surface area contributed by atoms with Crippen molar-refractivity contribution in [3.8, 4) is 21.8 Å². The molecular weight excluding hydrogens is 318 g/mol. The highest BCUT2D eigenvalue weighted by Crippen LogP contribution is 2.45. The Morgan fingerprint density at radius 3 is 2.77 bits per heavy atom. The van der Waals surface area contributed by atoms with Crippen LogP contribution in [-0.4, -0.2) is 10.9 Å². The lowest BCUT2D eigenvalue weighted by Crippen LogP contribution is -2.01. The molecule has 0 unspecified atom stereocenters. The first kappa shape index (κ1) is 13.7. The molecule has 5 heteroatoms. The number of carbonyl (C=O) groups is 1. The molecule has 0 bridgehead atoms. The molecule has 3 aromatic rings. The number of Topliss-reactive ketones (excluding diaryl/α,β-unsaturated/α-hetero) is 1. The number of ketones is 1. The highest BCUT2D eigenvalue weighted by atomic mass is 35.5. The minimum Gasteiger partial charge on any atom is -0.355 e. The van der Waals surface area contributed by atoms with E-state index in [2.05, 4.69) is 5.16 Å². The van der Waals surface area contributed by atoms with Gasteiger partial charge in [-0.2, -0.15) is 0 Å². The number of aromatic nitrogens is 1. The minimum absolute atomic E-state index is 0.125. The van der Waals surface area contributed by atoms with Gasteiger partial charge in [0.05, 0.1) is 21.7 Å². The molecule has 1 aliphatic carbocycles. The predicted octanol–water partition coefficient (Wildman–Crippen LogP) is 5.32. The molecule has 22 heavy (non-hydrogen) atoms. The van der Waals surface area contributed by atoms with Gasteiger partial charge in [0.2, 0.25) is 0 Å². The molecule has 0 radical (unpaired) electrons. The lowest BCUT2D eigenvalue weighted by molar-refractivity contribution is 0.0968. The molecule has 0 saturated heterocycles. The van der Waals surface area contributed by atoms with E-state index >= 15 is 0 Å². The van der Waals surface area contributed by atoms with E-state index in [4.69, 9.17) is 16.1 Å². The molecule has 0 N–H and O–H groups in total. The number of thiophene rings is 1. The van der Waals surface area contributed by atoms with Gasteiger partial charge in [0.1, 0.15) is 0 Å². The fourth-order valence-corrected chi connectivity index (χ4v) is 3.85. The predicted molar refractivity (Wildman–Crippen MR) is 87.3 cm³/mol. The third kappa shape index (κ3) is 2.28. The van der Waals surface area contributed by atoms with E-state index in [1.54, 1.807) is 0 Å². The Balaban J connectivity index is 1.85. The van der Waals surface area contributed by atoms with Crippen LogP contribution < -0.4 is 0 Å². The van der Waals surface area contributed by atoms with Gasteiger partial charge in [-0.05, 0) is 18.4 Å². The van der Waals surface area contributed by atoms with Gasteiger partial charge >= 0.3 is 0 Å². The summed E-state index contributed by atoms with van der Waals surface area (Å²) in [4.78, 5) is 13.2. The van der Waals surface area contributed by atoms with Crippen LogP contribution >= 0.6 is 22.9 Å². The fourth-order valence-electron chi connectivity index (χ4n) is 2.52. The molecular formula is C17H12ClNO2S. The summed E-state index contributed by atoms with van der Waals surface area (Å²) in [5, 5.41) is 6.37. The van der Waals surface area contributed by atoms with Gasteiger partial charge in [-0.15, -0.1) is 11.3 Å². The Bertz CT molecular complexity index is 833. The standard InChI is InChI=1S/C17H12ClNO2S/c18-13-9-22-17(14(13)10-4-2-1-3-5-10)16-12(8-19-21-16)15(20)11-6-7-11/h1-5,8-9,11H,6-7H2. The van der Waals surface area contributed by atoms with Crippen molar-refractivity contribution in [2.24, 2.45) is 5.92 Å². The van der Waals surface area contributed by atoms with Gasteiger partial charge in [0, 0.05) is 16.9 Å². The fraction of sp³-hybridized carbons (Fsp3) is 0.176. The van der Waals surface area contributed by atoms with Crippen molar-refractivity contribution in [1.82, 2.24) is 5.16 Å². The molecule has 0 aliphatic heterocycles. The lowest BCUT2D eigenvalue weighted by atomic mass is 10.0. The van der Waals surface area contributed by atoms with Crippen molar-refractivity contribution in [2.45, 2.75) is 12.8 Å². The Hall–Kier alpha value is -1.91. The second-order valence-corrected chi connectivity index (χ2v) is 6.65. The molecule has 2 aromatic heterocycles. The second-order valence-electron chi connectivity index (χ2n) is 5.36. The Labute approximate surface area is 136 Å². The maximum absolute atomic E-state index is 12.4. The molecule has 2 heterocycles. The Kier molecular flexibility index (Phi) is 3.36. The van der Waals surface area contributed by atoms with E-state index in [-0.39, 0.29) is 11.7 Å². The van der Waals surface area contributed by atoms with Crippen molar-refractivity contribution in [1.29, 1.82) is 0 Å². The quantitative estimate of drug-likeness (QED) is 0.609. The number of halogens is 1. The average Bonchev–Trinajstić information content (AvgIpc) is 3.16. The maximum atomic E-state index is 12.4. The van der Waals surface area contributed by atoms with Crippen LogP contribution in [0.3, 0.4) is 0 Å². The molecule has 1 fully saturated rings. The zero-order valence-electron chi connectivity index (χ0n) is 11.6. The number of carbonyl (C=O) groups excluding carboxylic acids is 1. The summed E-state index contributed by atoms with van der Waals surface area (Å²) in [6.45, 7) is 0. The molecule has 0 spiro atoms. The maximum Gasteiger partial charge on any atom is 0.188 e. The topological polar surface area (TPSA) is 43.1 Å². The van der Waals surface area contributed by atoms with E-state index in [0.29, 0.717) is 16.3 Å². The van der Waals surface area contributed by atoms with Gasteiger partial charge in [0.25, 0.3) is 0 Å². The summed E-state index contributed by atoms with van der Waals surface area (Å²) in [5.74, 6) is 0.793. The molecule has 3 nitrogen and oxygen atoms in total. The van der Waals surface area contributed by atoms with Gasteiger partial charge < -0.3 is 4.52 Å². The van der Waals surface area contributed by atoms with Crippen LogP contribution in [0.5, 0.6) is 0 Å². The summed E-state index contributed by atoms with van der Waals surface area (Å²) < 4.78 is 5.41. The molecule has 1 aliphatic rings. The summed E-state index contributed by atoms with van der Waals surface area (Å²) in [7, 11) is 0. The van der Waals surface area contributed by atoms with Crippen LogP contribution in [0.1, 0.15) is 23.2 Å². The largest absolute Gasteiger partial charge is 0.355 e. The first-order valence-electron chi connectivity index (χ1n) is 7.07. The van der Waals surface area contributed by atoms with E-state index in [1.807, 2.05) is 35.7 Å². The third-order valence-corrected chi connectivity index (χ3v) is 5.21. The molecule has 1 aromatic carbocycles. The monoisotopic (exact) mass is 329 g/mol. The number of nitrogens with zero attached hydrogens (tertiary/aromatic N) is 1. The van der Waals surface area contributed by atoms with Crippen molar-refractivity contribution in [2.75, 3.05) is 0 Å². The van der Waals surface area contributed by atoms with E-state index < -0.39 is 0 Å². The molecule has 110 valence electrons. The zero-order chi connectivity index (χ0) is 15.1. The number of hydrogen-bond acceptors (Lipinski definition) is 4. The Morgan fingerprint density at radius 1 is 1.27 bits per heavy atom. The highest BCUT2D eigenvalue weighted by Gasteiger charge is 2.34. The highest BCUT2D eigenvalue weighted by molar-refractivity contribution is 7.14. The van der Waals surface area contributed by atoms with Crippen molar-refractivity contribution in [3.05, 3.63) is 52.5 Å². The number of rotatable bonds is 4. The van der Waals surface area contributed by atoms with Gasteiger partial charge in [0.15, 0.2) is 11.5 Å². The van der Waals surface area contributed by atoms with Crippen molar-refractivity contribution in [3.63, 3.8) is 0 Å². The van der Waals surface area contributed by atoms with Crippen LogP contribution in [0.2, 0.25) is 5.02 Å². The summed E-state index contributed by atoms with van der Waals surface area (Å²) >= 11 is 7.84. The summed E-state index contributed by atoms with van der Waals surface area (Å²) in [5.41, 5.74) is 2.47. The second kappa shape index (κ2) is 5.38. The molecule has 4 rings (SSSR count). The van der Waals surface area contributed by atoms with E-state index in [0.717, 1.165) is 28.8 Å². The van der Waals surface area contributed by atoms with Crippen LogP contribution in [0.15, 0.2) is 46.4 Å². The van der Waals surface area contributed by atoms with Crippen LogP contribution in [0.25, 0.3) is 21.8 Å². The first-order valence-corrected chi connectivity index (χ1v) is 8.33. The smallest absolute Gasteiger partial charge is 0.188 e. The van der Waals surface area contributed by atoms with E-state index in [1.165, 1.54) is 17.5 Å². The normalized spacial score (nSPS) is 14.2. The molecule has 1 saturated carbocycles. The number of benzene rings is 1. The zero-order valence-corrected chi connectivity index (χ0v) is 13.2. The average molecular weight is 330 g/mol. The summed E-state index contributed by atoms with van der Waals surface area (Å²) in [6, 6.07) is 9.87. The van der Waals surface area contributed by atoms with Crippen LogP contribution in [0.4, 0.5) is 0 Å². The first-order chi connectivity index (χ1) is 10.8. The van der Waals surface area contributed by atoms with Crippen LogP contribution in [0, 0.1) is 5.92 Å². The Morgan fingerprint density at radius 2 is 2.05 bits per heavy atom. The SMILES string of the molecule is O=C(c1cnoc1-c1scc(Cl)c1-c1ccccc1)C1CC1. The van der Waals surface area contributed by atoms with E-state index in [9.17, 15) is 4.79 Å². The minimum atomic E-state index is 0.125. The molecule has 0 amide bonds. The molecule has 0 atom stereocenters. The van der Waals surface area contributed by atoms with Gasteiger partial charge in [-0.1, -0.05) is 47.1 Å².